The van der Waals surface area contributed by atoms with Crippen molar-refractivity contribution in [3.8, 4) is 0 Å². The van der Waals surface area contributed by atoms with Gasteiger partial charge in [-0.05, 0) is 37.9 Å². The van der Waals surface area contributed by atoms with Crippen molar-refractivity contribution in [2.75, 3.05) is 7.05 Å². The maximum Gasteiger partial charge on any atom is 0.310 e. The van der Waals surface area contributed by atoms with Crippen molar-refractivity contribution in [2.24, 2.45) is 5.92 Å². The van der Waals surface area contributed by atoms with Gasteiger partial charge in [0.1, 0.15) is 0 Å². The third-order valence-corrected chi connectivity index (χ3v) is 3.94. The number of hydrogen-bond donors (Lipinski definition) is 1. The Kier molecular flexibility index (Phi) is 5.55. The lowest BCUT2D eigenvalue weighted by Gasteiger charge is -2.27. The average Bonchev–Trinajstić information content (AvgIpc) is 2.37. The summed E-state index contributed by atoms with van der Waals surface area (Å²) in [4.78, 5) is 13.2. The molecule has 3 heteroatoms. The van der Waals surface area contributed by atoms with E-state index in [2.05, 4.69) is 32.7 Å². The quantitative estimate of drug-likeness (QED) is 0.855. The Morgan fingerprint density at radius 3 is 2.11 bits per heavy atom. The van der Waals surface area contributed by atoms with Crippen LogP contribution in [-0.2, 0) is 11.3 Å². The van der Waals surface area contributed by atoms with Crippen molar-refractivity contribution in [1.29, 1.82) is 0 Å². The lowest BCUT2D eigenvalue weighted by molar-refractivity contribution is -0.138. The molecule has 0 fully saturated rings. The molecular formula is C16H25NO2. The van der Waals surface area contributed by atoms with Crippen molar-refractivity contribution in [2.45, 2.75) is 46.2 Å². The van der Waals surface area contributed by atoms with Crippen LogP contribution in [0, 0.1) is 5.92 Å². The van der Waals surface area contributed by atoms with Gasteiger partial charge in [0.15, 0.2) is 0 Å². The standard InChI is InChI=1S/C16H25NO2/c1-11(2)13(4)17(5)10-14-6-8-15(9-7-14)12(3)16(18)19/h6-9,11-13H,10H2,1-5H3,(H,18,19). The molecule has 0 aliphatic carbocycles. The molecule has 1 N–H and O–H groups in total. The molecule has 19 heavy (non-hydrogen) atoms. The average molecular weight is 263 g/mol. The smallest absolute Gasteiger partial charge is 0.310 e. The first-order valence-electron chi connectivity index (χ1n) is 6.84. The van der Waals surface area contributed by atoms with E-state index in [9.17, 15) is 4.79 Å². The van der Waals surface area contributed by atoms with Gasteiger partial charge in [0.05, 0.1) is 5.92 Å². The fourth-order valence-electron chi connectivity index (χ4n) is 2.00. The Labute approximate surface area is 116 Å². The van der Waals surface area contributed by atoms with Gasteiger partial charge in [-0.25, -0.2) is 0 Å². The largest absolute Gasteiger partial charge is 0.481 e. The lowest BCUT2D eigenvalue weighted by atomic mass is 9.99. The van der Waals surface area contributed by atoms with E-state index in [1.165, 1.54) is 5.56 Å². The Bertz CT molecular complexity index is 411. The number of benzene rings is 1. The second kappa shape index (κ2) is 6.71. The predicted octanol–water partition coefficient (Wildman–Crippen LogP) is 3.35. The normalized spacial score (nSPS) is 14.7. The van der Waals surface area contributed by atoms with Crippen molar-refractivity contribution in [3.63, 3.8) is 0 Å². The minimum absolute atomic E-state index is 0.443. The van der Waals surface area contributed by atoms with Crippen LogP contribution in [0.4, 0.5) is 0 Å². The van der Waals surface area contributed by atoms with Crippen molar-refractivity contribution < 1.29 is 9.90 Å². The second-order valence-corrected chi connectivity index (χ2v) is 5.70. The highest BCUT2D eigenvalue weighted by Gasteiger charge is 2.15. The van der Waals surface area contributed by atoms with Gasteiger partial charge in [-0.3, -0.25) is 9.69 Å². The molecule has 0 aliphatic rings. The summed E-state index contributed by atoms with van der Waals surface area (Å²) in [5.41, 5.74) is 2.08. The van der Waals surface area contributed by atoms with Crippen LogP contribution in [-0.4, -0.2) is 29.1 Å². The zero-order valence-electron chi connectivity index (χ0n) is 12.6. The van der Waals surface area contributed by atoms with Crippen LogP contribution in [0.1, 0.15) is 44.7 Å². The Morgan fingerprint density at radius 2 is 1.68 bits per heavy atom. The highest BCUT2D eigenvalue weighted by molar-refractivity contribution is 5.75. The molecule has 0 heterocycles. The maximum atomic E-state index is 10.9. The van der Waals surface area contributed by atoms with Gasteiger partial charge in [-0.15, -0.1) is 0 Å². The SMILES string of the molecule is CC(C(=O)O)c1ccc(CN(C)C(C)C(C)C)cc1. The fraction of sp³-hybridized carbons (Fsp3) is 0.562. The second-order valence-electron chi connectivity index (χ2n) is 5.70. The first kappa shape index (κ1) is 15.7. The zero-order valence-corrected chi connectivity index (χ0v) is 12.6. The van der Waals surface area contributed by atoms with E-state index in [1.807, 2.05) is 24.3 Å². The molecule has 0 bridgehead atoms. The summed E-state index contributed by atoms with van der Waals surface area (Å²) in [6.07, 6.45) is 0. The van der Waals surface area contributed by atoms with E-state index >= 15 is 0 Å². The molecule has 0 aromatic heterocycles. The van der Waals surface area contributed by atoms with Gasteiger partial charge < -0.3 is 5.11 Å². The number of carboxylic acids is 1. The molecule has 0 aliphatic heterocycles. The Hall–Kier alpha value is -1.35. The summed E-state index contributed by atoms with van der Waals surface area (Å²) in [6.45, 7) is 9.27. The molecule has 1 aromatic rings. The van der Waals surface area contributed by atoms with Crippen molar-refractivity contribution >= 4 is 5.97 Å². The van der Waals surface area contributed by atoms with Crippen LogP contribution in [0.25, 0.3) is 0 Å². The highest BCUT2D eigenvalue weighted by Crippen LogP contribution is 2.18. The van der Waals surface area contributed by atoms with Crippen LogP contribution in [0.2, 0.25) is 0 Å². The third kappa shape index (κ3) is 4.35. The van der Waals surface area contributed by atoms with E-state index < -0.39 is 11.9 Å². The summed E-state index contributed by atoms with van der Waals surface area (Å²) in [6, 6.07) is 8.42. The number of nitrogens with zero attached hydrogens (tertiary/aromatic N) is 1. The zero-order chi connectivity index (χ0) is 14.6. The molecule has 0 radical (unpaired) electrons. The molecule has 2 unspecified atom stereocenters. The predicted molar refractivity (Wildman–Crippen MR) is 78.3 cm³/mol. The first-order valence-corrected chi connectivity index (χ1v) is 6.84. The van der Waals surface area contributed by atoms with Gasteiger partial charge in [0.2, 0.25) is 0 Å². The van der Waals surface area contributed by atoms with Crippen LogP contribution in [0.3, 0.4) is 0 Å². The minimum Gasteiger partial charge on any atom is -0.481 e. The highest BCUT2D eigenvalue weighted by atomic mass is 16.4. The van der Waals surface area contributed by atoms with Crippen molar-refractivity contribution in [1.82, 2.24) is 4.90 Å². The van der Waals surface area contributed by atoms with E-state index in [0.717, 1.165) is 12.1 Å². The first-order chi connectivity index (χ1) is 8.82. The van der Waals surface area contributed by atoms with E-state index in [-0.39, 0.29) is 0 Å². The molecule has 0 amide bonds. The molecule has 1 aromatic carbocycles. The molecule has 3 nitrogen and oxygen atoms in total. The number of hydrogen-bond acceptors (Lipinski definition) is 2. The molecular weight excluding hydrogens is 238 g/mol. The van der Waals surface area contributed by atoms with E-state index in [0.29, 0.717) is 12.0 Å². The van der Waals surface area contributed by atoms with Gasteiger partial charge in [-0.1, -0.05) is 38.1 Å². The van der Waals surface area contributed by atoms with Crippen LogP contribution in [0.15, 0.2) is 24.3 Å². The molecule has 106 valence electrons. The molecule has 0 spiro atoms. The van der Waals surface area contributed by atoms with E-state index in [1.54, 1.807) is 6.92 Å². The van der Waals surface area contributed by atoms with Gasteiger partial charge >= 0.3 is 5.97 Å². The monoisotopic (exact) mass is 263 g/mol. The summed E-state index contributed by atoms with van der Waals surface area (Å²) >= 11 is 0. The summed E-state index contributed by atoms with van der Waals surface area (Å²) in [5.74, 6) is -0.601. The van der Waals surface area contributed by atoms with E-state index in [4.69, 9.17) is 5.11 Å². The van der Waals surface area contributed by atoms with Gasteiger partial charge in [0.25, 0.3) is 0 Å². The Balaban J connectivity index is 2.69. The number of aliphatic carboxylic acids is 1. The number of carboxylic acid groups (broad SMARTS) is 1. The van der Waals surface area contributed by atoms with Gasteiger partial charge in [-0.2, -0.15) is 0 Å². The number of carbonyl (C=O) groups is 1. The molecule has 0 saturated heterocycles. The molecule has 0 saturated carbocycles. The summed E-state index contributed by atoms with van der Waals surface area (Å²) in [5, 5.41) is 8.98. The molecule has 1 rings (SSSR count). The molecule has 2 atom stereocenters. The van der Waals surface area contributed by atoms with Gasteiger partial charge in [0, 0.05) is 12.6 Å². The topological polar surface area (TPSA) is 40.5 Å². The van der Waals surface area contributed by atoms with Crippen molar-refractivity contribution in [3.05, 3.63) is 35.4 Å². The van der Waals surface area contributed by atoms with Crippen LogP contribution < -0.4 is 0 Å². The number of rotatable bonds is 6. The fourth-order valence-corrected chi connectivity index (χ4v) is 2.00. The summed E-state index contributed by atoms with van der Waals surface area (Å²) in [7, 11) is 2.12. The lowest BCUT2D eigenvalue weighted by Crippen LogP contribution is -2.32. The van der Waals surface area contributed by atoms with Crippen LogP contribution >= 0.6 is 0 Å². The minimum atomic E-state index is -0.779. The summed E-state index contributed by atoms with van der Waals surface area (Å²) < 4.78 is 0. The van der Waals surface area contributed by atoms with Crippen LogP contribution in [0.5, 0.6) is 0 Å². The maximum absolute atomic E-state index is 10.9. The Morgan fingerprint density at radius 1 is 1.16 bits per heavy atom. The third-order valence-electron chi connectivity index (χ3n) is 3.94.